The van der Waals surface area contributed by atoms with E-state index < -0.39 is 0 Å². The Morgan fingerprint density at radius 3 is 2.87 bits per heavy atom. The van der Waals surface area contributed by atoms with Gasteiger partial charge in [-0.05, 0) is 44.2 Å². The maximum absolute atomic E-state index is 13.0. The van der Waals surface area contributed by atoms with Crippen LogP contribution in [0.15, 0.2) is 28.9 Å². The van der Waals surface area contributed by atoms with Crippen molar-refractivity contribution in [3.63, 3.8) is 0 Å². The van der Waals surface area contributed by atoms with Crippen molar-refractivity contribution in [2.24, 2.45) is 0 Å². The number of carbonyl (C=O) groups is 1. The normalized spacial score (nSPS) is 21.4. The second-order valence-corrected chi connectivity index (χ2v) is 6.53. The third-order valence-corrected chi connectivity index (χ3v) is 5.05. The van der Waals surface area contributed by atoms with Gasteiger partial charge in [-0.1, -0.05) is 12.5 Å². The van der Waals surface area contributed by atoms with Crippen LogP contribution in [0, 0.1) is 6.92 Å². The summed E-state index contributed by atoms with van der Waals surface area (Å²) in [6, 6.07) is 4.06. The summed E-state index contributed by atoms with van der Waals surface area (Å²) in [7, 11) is 0. The molecular weight excluding hydrogens is 290 g/mol. The molecule has 5 heteroatoms. The number of pyridine rings is 1. The van der Waals surface area contributed by atoms with Gasteiger partial charge in [0.1, 0.15) is 5.76 Å². The van der Waals surface area contributed by atoms with Gasteiger partial charge in [-0.3, -0.25) is 9.78 Å². The molecule has 1 aliphatic heterocycles. The van der Waals surface area contributed by atoms with Crippen LogP contribution in [0.5, 0.6) is 0 Å². The summed E-state index contributed by atoms with van der Waals surface area (Å²) in [4.78, 5) is 23.6. The largest absolute Gasteiger partial charge is 0.445 e. The summed E-state index contributed by atoms with van der Waals surface area (Å²) in [5.74, 6) is 1.79. The van der Waals surface area contributed by atoms with Crippen LogP contribution in [0.2, 0.25) is 0 Å². The second kappa shape index (κ2) is 5.80. The van der Waals surface area contributed by atoms with Gasteiger partial charge in [-0.15, -0.1) is 0 Å². The van der Waals surface area contributed by atoms with E-state index in [0.29, 0.717) is 17.4 Å². The maximum atomic E-state index is 13.0. The van der Waals surface area contributed by atoms with Gasteiger partial charge in [0.25, 0.3) is 5.91 Å². The number of aryl methyl sites for hydroxylation is 1. The van der Waals surface area contributed by atoms with Gasteiger partial charge in [-0.2, -0.15) is 0 Å². The highest BCUT2D eigenvalue weighted by Gasteiger charge is 2.34. The monoisotopic (exact) mass is 311 g/mol. The fourth-order valence-corrected chi connectivity index (χ4v) is 3.51. The first kappa shape index (κ1) is 14.4. The lowest BCUT2D eigenvalue weighted by Crippen LogP contribution is -2.31. The van der Waals surface area contributed by atoms with Crippen molar-refractivity contribution >= 4 is 5.91 Å². The van der Waals surface area contributed by atoms with Crippen LogP contribution in [0.3, 0.4) is 0 Å². The van der Waals surface area contributed by atoms with Crippen LogP contribution < -0.4 is 0 Å². The lowest BCUT2D eigenvalue weighted by atomic mass is 9.85. The van der Waals surface area contributed by atoms with Gasteiger partial charge in [0.05, 0.1) is 6.04 Å². The Hall–Kier alpha value is -2.17. The van der Waals surface area contributed by atoms with E-state index >= 15 is 0 Å². The molecule has 23 heavy (non-hydrogen) atoms. The van der Waals surface area contributed by atoms with Crippen molar-refractivity contribution in [3.05, 3.63) is 47.4 Å². The maximum Gasteiger partial charge on any atom is 0.276 e. The molecular formula is C18H21N3O2. The van der Waals surface area contributed by atoms with E-state index in [0.717, 1.165) is 43.7 Å². The summed E-state index contributed by atoms with van der Waals surface area (Å²) >= 11 is 0. The lowest BCUT2D eigenvalue weighted by Gasteiger charge is -2.24. The third kappa shape index (κ3) is 2.54. The molecule has 1 saturated carbocycles. The van der Waals surface area contributed by atoms with E-state index in [4.69, 9.17) is 4.42 Å². The predicted octanol–water partition coefficient (Wildman–Crippen LogP) is 3.62. The highest BCUT2D eigenvalue weighted by atomic mass is 16.4. The average molecular weight is 311 g/mol. The predicted molar refractivity (Wildman–Crippen MR) is 85.1 cm³/mol. The van der Waals surface area contributed by atoms with Crippen LogP contribution in [-0.4, -0.2) is 27.3 Å². The van der Waals surface area contributed by atoms with E-state index in [2.05, 4.69) is 9.97 Å². The van der Waals surface area contributed by atoms with Crippen LogP contribution in [0.1, 0.15) is 71.8 Å². The summed E-state index contributed by atoms with van der Waals surface area (Å²) in [6.07, 6.45) is 9.07. The standard InChI is InChI=1S/C18H21N3O2/c1-12-16(20-17(23-12)13-5-2-6-13)18(22)21-10-4-8-15(21)14-7-3-9-19-11-14/h3,7,9,11,13,15H,2,4-6,8,10H2,1H3/t15-/m0/s1. The van der Waals surface area contributed by atoms with Crippen molar-refractivity contribution in [1.29, 1.82) is 0 Å². The zero-order valence-corrected chi connectivity index (χ0v) is 13.4. The first-order valence-electron chi connectivity index (χ1n) is 8.42. The Balaban J connectivity index is 1.59. The second-order valence-electron chi connectivity index (χ2n) is 6.53. The van der Waals surface area contributed by atoms with Gasteiger partial charge >= 0.3 is 0 Å². The van der Waals surface area contributed by atoms with E-state index in [1.807, 2.05) is 30.2 Å². The topological polar surface area (TPSA) is 59.2 Å². The van der Waals surface area contributed by atoms with Gasteiger partial charge in [0, 0.05) is 24.9 Å². The fourth-order valence-electron chi connectivity index (χ4n) is 3.51. The number of oxazole rings is 1. The highest BCUT2D eigenvalue weighted by Crippen LogP contribution is 2.37. The summed E-state index contributed by atoms with van der Waals surface area (Å²) in [5.41, 5.74) is 1.58. The van der Waals surface area contributed by atoms with E-state index in [1.54, 1.807) is 6.20 Å². The zero-order valence-electron chi connectivity index (χ0n) is 13.4. The molecule has 0 bridgehead atoms. The molecule has 1 atom stereocenters. The highest BCUT2D eigenvalue weighted by molar-refractivity contribution is 5.93. The van der Waals surface area contributed by atoms with Crippen LogP contribution in [0.25, 0.3) is 0 Å². The lowest BCUT2D eigenvalue weighted by molar-refractivity contribution is 0.0728. The number of likely N-dealkylation sites (tertiary alicyclic amines) is 1. The minimum atomic E-state index is -0.0109. The first-order chi connectivity index (χ1) is 11.2. The van der Waals surface area contributed by atoms with Gasteiger partial charge in [-0.25, -0.2) is 4.98 Å². The van der Waals surface area contributed by atoms with E-state index in [9.17, 15) is 4.79 Å². The van der Waals surface area contributed by atoms with Crippen LogP contribution in [-0.2, 0) is 0 Å². The molecule has 0 spiro atoms. The van der Waals surface area contributed by atoms with E-state index in [-0.39, 0.29) is 11.9 Å². The Morgan fingerprint density at radius 1 is 1.30 bits per heavy atom. The first-order valence-corrected chi connectivity index (χ1v) is 8.42. The average Bonchev–Trinajstić information content (AvgIpc) is 3.13. The Kier molecular flexibility index (Phi) is 3.63. The molecule has 2 fully saturated rings. The van der Waals surface area contributed by atoms with Crippen LogP contribution in [0.4, 0.5) is 0 Å². The molecule has 4 rings (SSSR count). The van der Waals surface area contributed by atoms with E-state index in [1.165, 1.54) is 6.42 Å². The molecule has 1 aliphatic carbocycles. The molecule has 2 aromatic heterocycles. The number of amides is 1. The Labute approximate surface area is 135 Å². The summed E-state index contributed by atoms with van der Waals surface area (Å²) < 4.78 is 5.77. The van der Waals surface area contributed by atoms with Gasteiger partial charge in [0.15, 0.2) is 11.6 Å². The van der Waals surface area contributed by atoms with Crippen molar-refractivity contribution in [2.75, 3.05) is 6.54 Å². The Morgan fingerprint density at radius 2 is 2.17 bits per heavy atom. The molecule has 0 radical (unpaired) electrons. The van der Waals surface area contributed by atoms with Gasteiger partial charge in [0.2, 0.25) is 0 Å². The Bertz CT molecular complexity index is 706. The quantitative estimate of drug-likeness (QED) is 0.868. The molecule has 1 amide bonds. The number of aromatic nitrogens is 2. The zero-order chi connectivity index (χ0) is 15.8. The number of nitrogens with zero attached hydrogens (tertiary/aromatic N) is 3. The molecule has 2 aromatic rings. The van der Waals surface area contributed by atoms with Crippen molar-refractivity contribution in [3.8, 4) is 0 Å². The number of hydrogen-bond donors (Lipinski definition) is 0. The molecule has 2 aliphatic rings. The van der Waals surface area contributed by atoms with Crippen molar-refractivity contribution < 1.29 is 9.21 Å². The minimum Gasteiger partial charge on any atom is -0.445 e. The SMILES string of the molecule is Cc1oc(C2CCC2)nc1C(=O)N1CCC[C@H]1c1cccnc1. The van der Waals surface area contributed by atoms with Crippen molar-refractivity contribution in [1.82, 2.24) is 14.9 Å². The fraction of sp³-hybridized carbons (Fsp3) is 0.500. The molecule has 120 valence electrons. The minimum absolute atomic E-state index is 0.0109. The molecule has 1 saturated heterocycles. The van der Waals surface area contributed by atoms with Crippen LogP contribution >= 0.6 is 0 Å². The number of hydrogen-bond acceptors (Lipinski definition) is 4. The van der Waals surface area contributed by atoms with Crippen molar-refractivity contribution in [2.45, 2.75) is 51.0 Å². The molecule has 3 heterocycles. The number of carbonyl (C=O) groups excluding carboxylic acids is 1. The number of rotatable bonds is 3. The summed E-state index contributed by atoms with van der Waals surface area (Å²) in [6.45, 7) is 2.61. The molecule has 0 N–H and O–H groups in total. The summed E-state index contributed by atoms with van der Waals surface area (Å²) in [5, 5.41) is 0. The molecule has 0 aromatic carbocycles. The third-order valence-electron chi connectivity index (χ3n) is 5.05. The molecule has 0 unspecified atom stereocenters. The smallest absolute Gasteiger partial charge is 0.276 e. The van der Waals surface area contributed by atoms with Gasteiger partial charge < -0.3 is 9.32 Å². The molecule has 5 nitrogen and oxygen atoms in total.